The molecular weight excluding hydrogens is 286 g/mol. The molecule has 8 nitrogen and oxygen atoms in total. The Morgan fingerprint density at radius 1 is 1.23 bits per heavy atom. The summed E-state index contributed by atoms with van der Waals surface area (Å²) in [6, 6.07) is 9.79. The first-order valence-electron chi connectivity index (χ1n) is 6.99. The predicted octanol–water partition coefficient (Wildman–Crippen LogP) is 0.862. The van der Waals surface area contributed by atoms with Crippen molar-refractivity contribution in [3.63, 3.8) is 0 Å². The lowest BCUT2D eigenvalue weighted by Gasteiger charge is -2.28. The van der Waals surface area contributed by atoms with Crippen molar-refractivity contribution in [3.8, 4) is 0 Å². The highest BCUT2D eigenvalue weighted by molar-refractivity contribution is 6.00. The van der Waals surface area contributed by atoms with E-state index in [0.29, 0.717) is 44.4 Å². The van der Waals surface area contributed by atoms with Gasteiger partial charge in [0.15, 0.2) is 11.5 Å². The van der Waals surface area contributed by atoms with E-state index in [2.05, 4.69) is 20.1 Å². The van der Waals surface area contributed by atoms with Crippen LogP contribution >= 0.6 is 0 Å². The fraction of sp³-hybridized carbons (Fsp3) is 0.357. The Balaban J connectivity index is 1.75. The van der Waals surface area contributed by atoms with E-state index >= 15 is 0 Å². The molecule has 1 aromatic carbocycles. The average molecular weight is 303 g/mol. The third-order valence-corrected chi connectivity index (χ3v) is 3.26. The van der Waals surface area contributed by atoms with Crippen molar-refractivity contribution in [3.05, 3.63) is 41.6 Å². The first kappa shape index (κ1) is 14.3. The van der Waals surface area contributed by atoms with Crippen LogP contribution in [0.4, 0.5) is 5.82 Å². The van der Waals surface area contributed by atoms with Crippen molar-refractivity contribution in [1.29, 1.82) is 0 Å². The van der Waals surface area contributed by atoms with Crippen LogP contribution in [0.25, 0.3) is 0 Å². The number of hydrogen-bond donors (Lipinski definition) is 1. The predicted molar refractivity (Wildman–Crippen MR) is 78.9 cm³/mol. The van der Waals surface area contributed by atoms with Gasteiger partial charge >= 0.3 is 0 Å². The maximum Gasteiger partial charge on any atom is 0.201 e. The van der Waals surface area contributed by atoms with Gasteiger partial charge in [-0.1, -0.05) is 35.5 Å². The molecule has 2 N–H and O–H groups in total. The van der Waals surface area contributed by atoms with Crippen LogP contribution in [0.15, 0.2) is 40.1 Å². The van der Waals surface area contributed by atoms with E-state index < -0.39 is 0 Å². The summed E-state index contributed by atoms with van der Waals surface area (Å²) in [5.74, 6) is 0.700. The van der Waals surface area contributed by atoms with E-state index in [1.807, 2.05) is 35.2 Å². The number of hydrogen-bond acceptors (Lipinski definition) is 7. The van der Waals surface area contributed by atoms with Gasteiger partial charge in [0.1, 0.15) is 6.61 Å². The molecule has 0 radical (unpaired) electrons. The lowest BCUT2D eigenvalue weighted by molar-refractivity contribution is 0.0630. The van der Waals surface area contributed by atoms with E-state index in [9.17, 15) is 0 Å². The van der Waals surface area contributed by atoms with Gasteiger partial charge in [0.05, 0.1) is 13.2 Å². The zero-order valence-electron chi connectivity index (χ0n) is 12.0. The van der Waals surface area contributed by atoms with Crippen LogP contribution in [0.3, 0.4) is 0 Å². The number of anilines is 1. The maximum absolute atomic E-state index is 5.77. The van der Waals surface area contributed by atoms with Crippen LogP contribution in [0.5, 0.6) is 0 Å². The van der Waals surface area contributed by atoms with Crippen LogP contribution in [-0.4, -0.2) is 47.4 Å². The molecular formula is C14H17N5O3. The maximum atomic E-state index is 5.77. The topological polar surface area (TPSA) is 99.0 Å². The molecule has 0 spiro atoms. The van der Waals surface area contributed by atoms with Crippen molar-refractivity contribution < 1.29 is 14.2 Å². The van der Waals surface area contributed by atoms with Crippen LogP contribution in [-0.2, 0) is 16.2 Å². The molecule has 1 aliphatic heterocycles. The van der Waals surface area contributed by atoms with E-state index in [0.717, 1.165) is 5.56 Å². The van der Waals surface area contributed by atoms with Gasteiger partial charge in [-0.25, -0.2) is 4.63 Å². The van der Waals surface area contributed by atoms with Gasteiger partial charge < -0.3 is 20.2 Å². The second kappa shape index (κ2) is 6.90. The van der Waals surface area contributed by atoms with Gasteiger partial charge in [-0.3, -0.25) is 0 Å². The highest BCUT2D eigenvalue weighted by Gasteiger charge is 2.23. The van der Waals surface area contributed by atoms with Gasteiger partial charge in [0, 0.05) is 13.1 Å². The second-order valence-electron chi connectivity index (χ2n) is 4.77. The first-order valence-corrected chi connectivity index (χ1v) is 6.99. The van der Waals surface area contributed by atoms with E-state index in [1.165, 1.54) is 0 Å². The third kappa shape index (κ3) is 3.34. The van der Waals surface area contributed by atoms with E-state index in [4.69, 9.17) is 15.3 Å². The summed E-state index contributed by atoms with van der Waals surface area (Å²) in [5.41, 5.74) is 7.18. The Morgan fingerprint density at radius 2 is 2.00 bits per heavy atom. The summed E-state index contributed by atoms with van der Waals surface area (Å²) in [5, 5.41) is 11.6. The van der Waals surface area contributed by atoms with E-state index in [1.54, 1.807) is 0 Å². The number of ether oxygens (including phenoxy) is 1. The molecule has 0 atom stereocenters. The fourth-order valence-corrected chi connectivity index (χ4v) is 2.12. The van der Waals surface area contributed by atoms with Crippen molar-refractivity contribution in [2.45, 2.75) is 6.61 Å². The normalized spacial score (nSPS) is 15.8. The third-order valence-electron chi connectivity index (χ3n) is 3.26. The van der Waals surface area contributed by atoms with Gasteiger partial charge in [0.25, 0.3) is 0 Å². The second-order valence-corrected chi connectivity index (χ2v) is 4.77. The fourth-order valence-electron chi connectivity index (χ4n) is 2.12. The molecule has 0 saturated carbocycles. The van der Waals surface area contributed by atoms with Crippen molar-refractivity contribution in [2.75, 3.05) is 32.0 Å². The molecule has 1 saturated heterocycles. The number of nitrogens with zero attached hydrogens (tertiary/aromatic N) is 4. The van der Waals surface area contributed by atoms with Crippen LogP contribution in [0, 0.1) is 0 Å². The number of rotatable bonds is 4. The zero-order valence-corrected chi connectivity index (χ0v) is 12.0. The highest BCUT2D eigenvalue weighted by atomic mass is 16.6. The Bertz CT molecular complexity index is 622. The Hall–Kier alpha value is -2.61. The molecule has 0 bridgehead atoms. The van der Waals surface area contributed by atoms with Crippen molar-refractivity contribution in [2.24, 2.45) is 5.16 Å². The quantitative estimate of drug-likeness (QED) is 0.508. The Kier molecular flexibility index (Phi) is 4.50. The molecule has 0 aliphatic carbocycles. The first-order chi connectivity index (χ1) is 10.8. The summed E-state index contributed by atoms with van der Waals surface area (Å²) >= 11 is 0. The van der Waals surface area contributed by atoms with Gasteiger partial charge in [-0.15, -0.1) is 0 Å². The number of amidine groups is 1. The highest BCUT2D eigenvalue weighted by Crippen LogP contribution is 2.12. The molecule has 8 heteroatoms. The Labute approximate surface area is 127 Å². The standard InChI is InChI=1S/C14H17N5O3/c15-13-12(16-22-17-13)14(19-6-8-20-9-7-19)18-21-10-11-4-2-1-3-5-11/h1-5H,6-10H2,(H2,15,17). The van der Waals surface area contributed by atoms with Gasteiger partial charge in [0.2, 0.25) is 5.84 Å². The smallest absolute Gasteiger partial charge is 0.201 e. The molecule has 1 aliphatic rings. The molecule has 2 heterocycles. The molecule has 22 heavy (non-hydrogen) atoms. The Morgan fingerprint density at radius 3 is 2.68 bits per heavy atom. The van der Waals surface area contributed by atoms with E-state index in [-0.39, 0.29) is 5.82 Å². The van der Waals surface area contributed by atoms with Crippen molar-refractivity contribution >= 4 is 11.7 Å². The molecule has 1 fully saturated rings. The SMILES string of the molecule is Nc1nonc1C(=NOCc1ccccc1)N1CCOCC1. The number of nitrogens with two attached hydrogens (primary N) is 1. The number of aromatic nitrogens is 2. The minimum Gasteiger partial charge on any atom is -0.389 e. The van der Waals surface area contributed by atoms with Gasteiger partial charge in [-0.2, -0.15) is 0 Å². The van der Waals surface area contributed by atoms with Crippen molar-refractivity contribution in [1.82, 2.24) is 15.2 Å². The minimum atomic E-state index is 0.188. The lowest BCUT2D eigenvalue weighted by Crippen LogP contribution is -2.41. The monoisotopic (exact) mass is 303 g/mol. The summed E-state index contributed by atoms with van der Waals surface area (Å²) in [4.78, 5) is 7.44. The molecule has 1 aromatic heterocycles. The molecule has 0 unspecified atom stereocenters. The van der Waals surface area contributed by atoms with Crippen LogP contribution in [0.1, 0.15) is 11.3 Å². The summed E-state index contributed by atoms with van der Waals surface area (Å²) in [7, 11) is 0. The zero-order chi connectivity index (χ0) is 15.2. The summed E-state index contributed by atoms with van der Waals surface area (Å²) in [6.07, 6.45) is 0. The number of oxime groups is 1. The largest absolute Gasteiger partial charge is 0.389 e. The number of morpholine rings is 1. The lowest BCUT2D eigenvalue weighted by atomic mass is 10.2. The molecule has 0 amide bonds. The van der Waals surface area contributed by atoms with Crippen LogP contribution in [0.2, 0.25) is 0 Å². The number of nitrogen functional groups attached to an aromatic ring is 1. The summed E-state index contributed by atoms with van der Waals surface area (Å²) < 4.78 is 10.0. The van der Waals surface area contributed by atoms with Gasteiger partial charge in [-0.05, 0) is 15.9 Å². The molecule has 2 aromatic rings. The minimum absolute atomic E-state index is 0.188. The van der Waals surface area contributed by atoms with Crippen LogP contribution < -0.4 is 5.73 Å². The molecule has 116 valence electrons. The summed E-state index contributed by atoms with van der Waals surface area (Å²) in [6.45, 7) is 2.95. The molecule has 3 rings (SSSR count). The number of benzene rings is 1. The average Bonchev–Trinajstić information content (AvgIpc) is 2.99.